The Morgan fingerprint density at radius 3 is 1.72 bits per heavy atom. The van der Waals surface area contributed by atoms with Crippen molar-refractivity contribution >= 4 is 23.5 Å². The van der Waals surface area contributed by atoms with Crippen molar-refractivity contribution in [3.05, 3.63) is 0 Å². The Hall–Kier alpha value is 0.660. The molecule has 11 fully saturated rings. The average molecular weight is 760 g/mol. The van der Waals surface area contributed by atoms with Gasteiger partial charge in [0.25, 0.3) is 0 Å². The molecule has 298 valence electrons. The van der Waals surface area contributed by atoms with E-state index in [9.17, 15) is 0 Å². The summed E-state index contributed by atoms with van der Waals surface area (Å²) < 4.78 is 0. The lowest BCUT2D eigenvalue weighted by Crippen LogP contribution is -2.57. The summed E-state index contributed by atoms with van der Waals surface area (Å²) in [4.78, 5) is 3.47. The summed E-state index contributed by atoms with van der Waals surface area (Å²) >= 11 is 5.21. The summed E-state index contributed by atoms with van der Waals surface area (Å²) in [5.74, 6) is 13.0. The highest BCUT2D eigenvalue weighted by atomic mass is 32.2. The van der Waals surface area contributed by atoms with Gasteiger partial charge in [0.2, 0.25) is 0 Å². The molecule has 0 amide bonds. The Balaban J connectivity index is 0.818. The normalized spacial score (nSPS) is 54.2. The second kappa shape index (κ2) is 16.0. The molecule has 11 rings (SSSR count). The maximum atomic E-state index is 3.47. The van der Waals surface area contributed by atoms with E-state index in [1.807, 2.05) is 0 Å². The molecule has 17 atom stereocenters. The summed E-state index contributed by atoms with van der Waals surface area (Å²) in [5, 5.41) is 4.18. The summed E-state index contributed by atoms with van der Waals surface area (Å²) in [7, 11) is 0. The van der Waals surface area contributed by atoms with E-state index >= 15 is 0 Å². The van der Waals surface area contributed by atoms with Crippen LogP contribution in [0.15, 0.2) is 0 Å². The van der Waals surface area contributed by atoms with E-state index in [-0.39, 0.29) is 0 Å². The van der Waals surface area contributed by atoms with Crippen molar-refractivity contribution < 1.29 is 0 Å². The first kappa shape index (κ1) is 36.7. The van der Waals surface area contributed by atoms with Crippen molar-refractivity contribution in [2.45, 2.75) is 238 Å². The van der Waals surface area contributed by atoms with E-state index in [1.54, 1.807) is 193 Å². The fraction of sp³-hybridized carbons (Fsp3) is 1.00. The monoisotopic (exact) mass is 760 g/mol. The van der Waals surface area contributed by atoms with Gasteiger partial charge in [-0.1, -0.05) is 96.3 Å². The lowest BCUT2D eigenvalue weighted by Gasteiger charge is -2.55. The molecule has 0 N–H and O–H groups in total. The number of thioether (sulfide) groups is 2. The first-order valence-corrected chi connectivity index (χ1v) is 27.3. The minimum absolute atomic E-state index is 0.922. The van der Waals surface area contributed by atoms with Gasteiger partial charge in [-0.15, -0.1) is 0 Å². The van der Waals surface area contributed by atoms with Crippen molar-refractivity contribution in [1.82, 2.24) is 4.90 Å². The smallest absolute Gasteiger partial charge is 0.0132 e. The zero-order chi connectivity index (χ0) is 34.9. The van der Waals surface area contributed by atoms with E-state index in [2.05, 4.69) is 28.4 Å². The molecule has 0 radical (unpaired) electrons. The van der Waals surface area contributed by atoms with Gasteiger partial charge in [0.05, 0.1) is 0 Å². The van der Waals surface area contributed by atoms with Gasteiger partial charge in [0.15, 0.2) is 0 Å². The van der Waals surface area contributed by atoms with E-state index in [1.165, 1.54) is 6.42 Å². The maximum absolute atomic E-state index is 3.47. The van der Waals surface area contributed by atoms with Crippen molar-refractivity contribution in [1.29, 1.82) is 0 Å². The number of hydrogen-bond donors (Lipinski definition) is 0. The number of rotatable bonds is 5. The third-order valence-corrected chi connectivity index (χ3v) is 24.3. The zero-order valence-corrected chi connectivity index (χ0v) is 35.8. The Bertz CT molecular complexity index is 1220. The molecule has 0 aromatic heterocycles. The molecule has 0 aromatic carbocycles. The second-order valence-corrected chi connectivity index (χ2v) is 25.3. The Kier molecular flexibility index (Phi) is 11.1. The molecule has 17 unspecified atom stereocenters. The van der Waals surface area contributed by atoms with Crippen LogP contribution in [0.2, 0.25) is 0 Å². The summed E-state index contributed by atoms with van der Waals surface area (Å²) in [6, 6.07) is 2.79. The fourth-order valence-electron chi connectivity index (χ4n) is 18.5. The summed E-state index contributed by atoms with van der Waals surface area (Å²) in [6.07, 6.45) is 48.8. The molecular weight excluding hydrogens is 679 g/mol. The van der Waals surface area contributed by atoms with Gasteiger partial charge in [-0.25, -0.2) is 0 Å². The number of hydrogen-bond acceptors (Lipinski definition) is 3. The van der Waals surface area contributed by atoms with Crippen LogP contribution >= 0.6 is 23.5 Å². The second-order valence-electron chi connectivity index (χ2n) is 22.4. The van der Waals surface area contributed by atoms with E-state index < -0.39 is 0 Å². The van der Waals surface area contributed by atoms with E-state index in [0.717, 1.165) is 110 Å². The first-order valence-electron chi connectivity index (χ1n) is 25.4. The highest BCUT2D eigenvalue weighted by molar-refractivity contribution is 8.02. The van der Waals surface area contributed by atoms with Crippen molar-refractivity contribution in [2.75, 3.05) is 0 Å². The van der Waals surface area contributed by atoms with Crippen LogP contribution in [0.3, 0.4) is 0 Å². The standard InChI is InChI=1S/C50H81NS2/c1-3-17-38-32(11-1)13-8-20-39(38)34-25-27-36(28-26-34)51(45-23-9-14-33-12-2-4-18-40(33)45)37-16-7-15-35(31-37)41-21-10-22-42-43-29-30-47-48(50(43)53-49(41)42)44-19-5-6-24-46(44)52-47/h32-50H,1-31H2. The van der Waals surface area contributed by atoms with Crippen LogP contribution in [0.5, 0.6) is 0 Å². The molecule has 2 aliphatic heterocycles. The highest BCUT2D eigenvalue weighted by Crippen LogP contribution is 2.66. The van der Waals surface area contributed by atoms with Crippen molar-refractivity contribution in [2.24, 2.45) is 71.0 Å². The number of fused-ring (bicyclic) bond motifs is 9. The van der Waals surface area contributed by atoms with E-state index in [4.69, 9.17) is 0 Å². The zero-order valence-electron chi connectivity index (χ0n) is 34.2. The Morgan fingerprint density at radius 2 is 0.868 bits per heavy atom. The minimum atomic E-state index is 0.922. The van der Waals surface area contributed by atoms with Crippen LogP contribution in [0.25, 0.3) is 0 Å². The lowest BCUT2D eigenvalue weighted by atomic mass is 9.59. The van der Waals surface area contributed by atoms with Gasteiger partial charge in [0, 0.05) is 39.1 Å². The topological polar surface area (TPSA) is 3.24 Å². The fourth-order valence-corrected chi connectivity index (χ4v) is 23.2. The van der Waals surface area contributed by atoms with Crippen molar-refractivity contribution in [3.8, 4) is 0 Å². The average Bonchev–Trinajstić information content (AvgIpc) is 3.80. The van der Waals surface area contributed by atoms with Gasteiger partial charge in [-0.3, -0.25) is 4.90 Å². The molecule has 2 heterocycles. The van der Waals surface area contributed by atoms with Gasteiger partial charge in [0.1, 0.15) is 0 Å². The maximum Gasteiger partial charge on any atom is 0.0132 e. The molecule has 9 saturated carbocycles. The molecular formula is C50H81NS2. The highest BCUT2D eigenvalue weighted by Gasteiger charge is 2.59. The Morgan fingerprint density at radius 1 is 0.302 bits per heavy atom. The van der Waals surface area contributed by atoms with Crippen LogP contribution < -0.4 is 0 Å². The molecule has 0 bridgehead atoms. The van der Waals surface area contributed by atoms with Gasteiger partial charge in [-0.05, 0) is 174 Å². The quantitative estimate of drug-likeness (QED) is 0.275. The summed E-state index contributed by atoms with van der Waals surface area (Å²) in [5.41, 5.74) is 0. The summed E-state index contributed by atoms with van der Waals surface area (Å²) in [6.45, 7) is 0. The molecule has 3 heteroatoms. The predicted octanol–water partition coefficient (Wildman–Crippen LogP) is 14.0. The van der Waals surface area contributed by atoms with Crippen LogP contribution in [0.1, 0.15) is 199 Å². The molecule has 9 aliphatic carbocycles. The third-order valence-electron chi connectivity index (χ3n) is 20.4. The molecule has 11 aliphatic rings. The van der Waals surface area contributed by atoms with Gasteiger partial charge >= 0.3 is 0 Å². The van der Waals surface area contributed by atoms with Crippen LogP contribution in [-0.4, -0.2) is 44.0 Å². The molecule has 53 heavy (non-hydrogen) atoms. The number of nitrogens with zero attached hydrogens (tertiary/aromatic N) is 1. The predicted molar refractivity (Wildman–Crippen MR) is 229 cm³/mol. The molecule has 2 saturated heterocycles. The van der Waals surface area contributed by atoms with Crippen LogP contribution in [0, 0.1) is 71.0 Å². The molecule has 0 aromatic rings. The lowest BCUT2D eigenvalue weighted by molar-refractivity contribution is -0.0524. The van der Waals surface area contributed by atoms with Crippen LogP contribution in [-0.2, 0) is 0 Å². The minimum Gasteiger partial charge on any atom is -0.294 e. The third kappa shape index (κ3) is 6.83. The van der Waals surface area contributed by atoms with E-state index in [0.29, 0.717) is 0 Å². The SMILES string of the molecule is C1CCC2C(C1)CCCC2C1CCC(N(C2CCCC(C3CCCC4C5CCC6SC7CCCCC7C6C5SC34)C2)C2CCCC3CCCCC32)CC1. The molecule has 1 nitrogen and oxygen atoms in total. The van der Waals surface area contributed by atoms with Gasteiger partial charge < -0.3 is 0 Å². The van der Waals surface area contributed by atoms with Crippen LogP contribution in [0.4, 0.5) is 0 Å². The first-order chi connectivity index (χ1) is 26.3. The van der Waals surface area contributed by atoms with Gasteiger partial charge in [-0.2, -0.15) is 23.5 Å². The largest absolute Gasteiger partial charge is 0.294 e. The molecule has 0 spiro atoms. The Labute approximate surface area is 336 Å². The van der Waals surface area contributed by atoms with Crippen molar-refractivity contribution in [3.63, 3.8) is 0 Å².